The molecule has 1 aromatic carbocycles. The number of esters is 1. The summed E-state index contributed by atoms with van der Waals surface area (Å²) < 4.78 is 11.0. The number of carbonyl (C=O) groups excluding carboxylic acids is 3. The predicted octanol–water partition coefficient (Wildman–Crippen LogP) is 1.27. The second-order valence-electron chi connectivity index (χ2n) is 6.29. The quantitative estimate of drug-likeness (QED) is 0.779. The number of amides is 1. The molecule has 0 saturated heterocycles. The zero-order valence-corrected chi connectivity index (χ0v) is 15.6. The predicted molar refractivity (Wildman–Crippen MR) is 100 cm³/mol. The Morgan fingerprint density at radius 1 is 1.11 bits per heavy atom. The highest BCUT2D eigenvalue weighted by molar-refractivity contribution is 6.02. The number of benzene rings is 1. The molecule has 1 amide bonds. The Bertz CT molecular complexity index is 991. The number of nitrogens with one attached hydrogen (secondary N) is 1. The molecule has 8 heteroatoms. The molecule has 1 aliphatic rings. The van der Waals surface area contributed by atoms with Crippen molar-refractivity contribution in [2.75, 3.05) is 20.8 Å². The second kappa shape index (κ2) is 8.08. The van der Waals surface area contributed by atoms with Gasteiger partial charge < -0.3 is 14.8 Å². The van der Waals surface area contributed by atoms with E-state index in [0.717, 1.165) is 0 Å². The molecule has 8 nitrogen and oxygen atoms in total. The Balaban J connectivity index is 2.13. The number of hydrogen-bond donors (Lipinski definition) is 1. The van der Waals surface area contributed by atoms with Crippen molar-refractivity contribution in [2.45, 2.75) is 19.3 Å². The molecule has 2 aromatic rings. The van der Waals surface area contributed by atoms with E-state index in [2.05, 4.69) is 10.1 Å². The van der Waals surface area contributed by atoms with Gasteiger partial charge in [0.1, 0.15) is 17.9 Å². The van der Waals surface area contributed by atoms with E-state index in [1.165, 1.54) is 24.9 Å². The number of methoxy groups -OCH3 is 2. The number of carbonyl (C=O) groups is 3. The third kappa shape index (κ3) is 3.66. The molecule has 3 rings (SSSR count). The summed E-state index contributed by atoms with van der Waals surface area (Å²) in [5.41, 5.74) is 0.704. The normalized spacial score (nSPS) is 12.9. The molecular formula is C20H20N2O6. The van der Waals surface area contributed by atoms with Crippen LogP contribution in [0.2, 0.25) is 0 Å². The fraction of sp³-hybridized carbons (Fsp3) is 0.300. The Morgan fingerprint density at radius 3 is 2.46 bits per heavy atom. The molecular weight excluding hydrogens is 364 g/mol. The maximum absolute atomic E-state index is 13.1. The van der Waals surface area contributed by atoms with Crippen LogP contribution in [-0.4, -0.2) is 43.0 Å². The van der Waals surface area contributed by atoms with Crippen molar-refractivity contribution in [3.8, 4) is 11.4 Å². The molecule has 28 heavy (non-hydrogen) atoms. The van der Waals surface area contributed by atoms with Gasteiger partial charge in [0.05, 0.1) is 14.2 Å². The molecule has 146 valence electrons. The van der Waals surface area contributed by atoms with Crippen molar-refractivity contribution in [1.82, 2.24) is 9.88 Å². The topological polar surface area (TPSA) is 104 Å². The Morgan fingerprint density at radius 2 is 1.82 bits per heavy atom. The number of rotatable bonds is 5. The molecule has 0 aliphatic heterocycles. The first-order valence-electron chi connectivity index (χ1n) is 8.77. The maximum atomic E-state index is 13.1. The summed E-state index contributed by atoms with van der Waals surface area (Å²) in [5, 5.41) is 2.35. The van der Waals surface area contributed by atoms with Crippen LogP contribution < -0.4 is 15.6 Å². The summed E-state index contributed by atoms with van der Waals surface area (Å²) in [6.07, 6.45) is 1.54. The minimum atomic E-state index is -0.737. The van der Waals surface area contributed by atoms with E-state index >= 15 is 0 Å². The minimum absolute atomic E-state index is 0.120. The fourth-order valence-electron chi connectivity index (χ4n) is 3.18. The first-order chi connectivity index (χ1) is 13.5. The molecule has 0 atom stereocenters. The zero-order chi connectivity index (χ0) is 20.3. The lowest BCUT2D eigenvalue weighted by molar-refractivity contribution is -0.139. The lowest BCUT2D eigenvalue weighted by atomic mass is 9.92. The van der Waals surface area contributed by atoms with Crippen LogP contribution in [0.5, 0.6) is 5.75 Å². The van der Waals surface area contributed by atoms with Crippen LogP contribution >= 0.6 is 0 Å². The zero-order valence-electron chi connectivity index (χ0n) is 15.6. The van der Waals surface area contributed by atoms with Gasteiger partial charge in [0.25, 0.3) is 11.5 Å². The van der Waals surface area contributed by atoms with Crippen LogP contribution in [0.15, 0.2) is 35.1 Å². The molecule has 0 unspecified atom stereocenters. The van der Waals surface area contributed by atoms with Crippen LogP contribution in [0, 0.1) is 0 Å². The Kier molecular flexibility index (Phi) is 5.58. The molecule has 1 heterocycles. The van der Waals surface area contributed by atoms with Gasteiger partial charge in [-0.05, 0) is 43.2 Å². The number of hydrogen-bond acceptors (Lipinski definition) is 6. The third-order valence-electron chi connectivity index (χ3n) is 4.62. The largest absolute Gasteiger partial charge is 0.497 e. The van der Waals surface area contributed by atoms with E-state index in [0.29, 0.717) is 42.0 Å². The van der Waals surface area contributed by atoms with E-state index < -0.39 is 17.4 Å². The lowest BCUT2D eigenvalue weighted by Crippen LogP contribution is -2.38. The third-order valence-corrected chi connectivity index (χ3v) is 4.62. The maximum Gasteiger partial charge on any atom is 0.325 e. The highest BCUT2D eigenvalue weighted by Crippen LogP contribution is 2.24. The van der Waals surface area contributed by atoms with Gasteiger partial charge in [0.2, 0.25) is 0 Å². The van der Waals surface area contributed by atoms with Gasteiger partial charge in [0.15, 0.2) is 5.78 Å². The van der Waals surface area contributed by atoms with Crippen molar-refractivity contribution in [3.63, 3.8) is 0 Å². The van der Waals surface area contributed by atoms with Crippen LogP contribution in [0.25, 0.3) is 5.69 Å². The van der Waals surface area contributed by atoms with Gasteiger partial charge in [-0.15, -0.1) is 0 Å². The van der Waals surface area contributed by atoms with Crippen LogP contribution in [0.4, 0.5) is 0 Å². The van der Waals surface area contributed by atoms with Gasteiger partial charge in [0, 0.05) is 23.4 Å². The summed E-state index contributed by atoms with van der Waals surface area (Å²) in [6, 6.07) is 8.10. The molecule has 1 N–H and O–H groups in total. The number of Topliss-reactive ketones (excluding diaryl/α,β-unsaturated/α-hetero) is 1. The van der Waals surface area contributed by atoms with Gasteiger partial charge in [-0.2, -0.15) is 0 Å². The summed E-state index contributed by atoms with van der Waals surface area (Å²) in [7, 11) is 2.73. The molecule has 0 saturated carbocycles. The number of aromatic nitrogens is 1. The summed E-state index contributed by atoms with van der Waals surface area (Å²) >= 11 is 0. The van der Waals surface area contributed by atoms with Gasteiger partial charge in [-0.3, -0.25) is 23.7 Å². The number of pyridine rings is 1. The summed E-state index contributed by atoms with van der Waals surface area (Å²) in [6.45, 7) is -0.373. The highest BCUT2D eigenvalue weighted by atomic mass is 16.5. The Hall–Kier alpha value is -3.42. The SMILES string of the molecule is COC(=O)CNC(=O)c1cc2c(n(-c3ccc(OC)cc3)c1=O)CCCC2=O. The average molecular weight is 384 g/mol. The van der Waals surface area contributed by atoms with Gasteiger partial charge in [-0.1, -0.05) is 0 Å². The number of ether oxygens (including phenoxy) is 2. The molecule has 0 fully saturated rings. The van der Waals surface area contributed by atoms with Gasteiger partial charge in [-0.25, -0.2) is 0 Å². The van der Waals surface area contributed by atoms with Gasteiger partial charge >= 0.3 is 5.97 Å². The smallest absolute Gasteiger partial charge is 0.325 e. The standard InChI is InChI=1S/C20H20N2O6/c1-27-13-8-6-12(7-9-13)22-16-4-3-5-17(23)14(16)10-15(20(22)26)19(25)21-11-18(24)28-2/h6-10H,3-5,11H2,1-2H3,(H,21,25). The number of fused-ring (bicyclic) bond motifs is 1. The second-order valence-corrected chi connectivity index (χ2v) is 6.29. The molecule has 1 aromatic heterocycles. The van der Waals surface area contributed by atoms with E-state index in [1.807, 2.05) is 0 Å². The van der Waals surface area contributed by atoms with E-state index in [-0.39, 0.29) is 17.9 Å². The van der Waals surface area contributed by atoms with Crippen LogP contribution in [-0.2, 0) is 16.0 Å². The first kappa shape index (κ1) is 19.3. The van der Waals surface area contributed by atoms with E-state index in [1.54, 1.807) is 24.3 Å². The van der Waals surface area contributed by atoms with Crippen molar-refractivity contribution < 1.29 is 23.9 Å². The first-order valence-corrected chi connectivity index (χ1v) is 8.77. The number of ketones is 1. The van der Waals surface area contributed by atoms with Crippen molar-refractivity contribution in [1.29, 1.82) is 0 Å². The van der Waals surface area contributed by atoms with Crippen molar-refractivity contribution in [3.05, 3.63) is 57.5 Å². The lowest BCUT2D eigenvalue weighted by Gasteiger charge is -2.21. The van der Waals surface area contributed by atoms with E-state index in [4.69, 9.17) is 4.74 Å². The van der Waals surface area contributed by atoms with E-state index in [9.17, 15) is 19.2 Å². The summed E-state index contributed by atoms with van der Waals surface area (Å²) in [5.74, 6) is -0.879. The van der Waals surface area contributed by atoms with Crippen LogP contribution in [0.3, 0.4) is 0 Å². The molecule has 0 bridgehead atoms. The molecule has 1 aliphatic carbocycles. The van der Waals surface area contributed by atoms with Crippen molar-refractivity contribution in [2.24, 2.45) is 0 Å². The summed E-state index contributed by atoms with van der Waals surface area (Å²) in [4.78, 5) is 49.3. The molecule has 0 radical (unpaired) electrons. The number of nitrogens with zero attached hydrogens (tertiary/aromatic N) is 1. The minimum Gasteiger partial charge on any atom is -0.497 e. The van der Waals surface area contributed by atoms with Crippen molar-refractivity contribution >= 4 is 17.7 Å². The monoisotopic (exact) mass is 384 g/mol. The molecule has 0 spiro atoms. The van der Waals surface area contributed by atoms with Crippen LogP contribution in [0.1, 0.15) is 39.3 Å². The average Bonchev–Trinajstić information content (AvgIpc) is 2.71. The highest BCUT2D eigenvalue weighted by Gasteiger charge is 2.26. The fourth-order valence-corrected chi connectivity index (χ4v) is 3.18. The Labute approximate surface area is 161 Å².